The van der Waals surface area contributed by atoms with Gasteiger partial charge in [0, 0.05) is 5.57 Å². The van der Waals surface area contributed by atoms with Gasteiger partial charge in [0.2, 0.25) is 6.29 Å². The second-order valence-electron chi connectivity index (χ2n) is 6.92. The molecule has 2 saturated heterocycles. The van der Waals surface area contributed by atoms with Gasteiger partial charge in [-0.3, -0.25) is 0 Å². The normalized spacial score (nSPS) is 43.8. The van der Waals surface area contributed by atoms with Crippen molar-refractivity contribution in [2.75, 3.05) is 13.2 Å². The van der Waals surface area contributed by atoms with E-state index in [1.807, 2.05) is 0 Å². The van der Waals surface area contributed by atoms with Gasteiger partial charge >= 0.3 is 5.97 Å². The monoisotopic (exact) mass is 424 g/mol. The van der Waals surface area contributed by atoms with Crippen LogP contribution in [0.4, 0.5) is 0 Å². The molecule has 0 aromatic carbocycles. The summed E-state index contributed by atoms with van der Waals surface area (Å²) in [5.41, 5.74) is 0.232. The average molecular weight is 424 g/mol. The van der Waals surface area contributed by atoms with Gasteiger partial charge in [0.05, 0.1) is 13.2 Å². The van der Waals surface area contributed by atoms with Crippen LogP contribution >= 0.6 is 0 Å². The van der Waals surface area contributed by atoms with Gasteiger partial charge in [-0.15, -0.1) is 0 Å². The molecule has 12 nitrogen and oxygen atoms in total. The summed E-state index contributed by atoms with van der Waals surface area (Å²) in [6, 6.07) is 0. The molecule has 0 aliphatic carbocycles. The molecule has 2 aliphatic heterocycles. The van der Waals surface area contributed by atoms with Gasteiger partial charge in [0.25, 0.3) is 0 Å². The quantitative estimate of drug-likeness (QED) is 0.162. The topological polar surface area (TPSA) is 196 Å². The van der Waals surface area contributed by atoms with Crippen molar-refractivity contribution in [1.29, 1.82) is 0 Å². The molecule has 10 unspecified atom stereocenters. The van der Waals surface area contributed by atoms with Crippen LogP contribution < -0.4 is 0 Å². The highest BCUT2D eigenvalue weighted by atomic mass is 16.7. The molecule has 0 amide bonds. The second kappa shape index (κ2) is 10.2. The van der Waals surface area contributed by atoms with E-state index in [4.69, 9.17) is 18.9 Å². The van der Waals surface area contributed by atoms with Gasteiger partial charge < -0.3 is 54.7 Å². The first-order valence-electron chi connectivity index (χ1n) is 9.08. The Labute approximate surface area is 166 Å². The van der Waals surface area contributed by atoms with Gasteiger partial charge in [0.1, 0.15) is 48.8 Å². The van der Waals surface area contributed by atoms with Crippen molar-refractivity contribution < 1.29 is 59.5 Å². The smallest absolute Gasteiger partial charge is 0.335 e. The van der Waals surface area contributed by atoms with Crippen LogP contribution in [0.15, 0.2) is 11.6 Å². The van der Waals surface area contributed by atoms with Gasteiger partial charge in [0.15, 0.2) is 6.29 Å². The van der Waals surface area contributed by atoms with Crippen molar-refractivity contribution in [3.05, 3.63) is 11.6 Å². The summed E-state index contributed by atoms with van der Waals surface area (Å²) in [5.74, 6) is -0.797. The van der Waals surface area contributed by atoms with E-state index in [2.05, 4.69) is 0 Å². The maximum absolute atomic E-state index is 11.9. The third kappa shape index (κ3) is 5.30. The van der Waals surface area contributed by atoms with Crippen LogP contribution in [-0.4, -0.2) is 116 Å². The van der Waals surface area contributed by atoms with Gasteiger partial charge in [-0.05, 0) is 13.8 Å². The minimum absolute atomic E-state index is 0.232. The van der Waals surface area contributed by atoms with Crippen LogP contribution in [0.1, 0.15) is 13.8 Å². The third-order valence-electron chi connectivity index (χ3n) is 4.92. The van der Waals surface area contributed by atoms with E-state index < -0.39 is 80.6 Å². The highest BCUT2D eigenvalue weighted by molar-refractivity contribution is 5.87. The summed E-state index contributed by atoms with van der Waals surface area (Å²) in [4.78, 5) is 11.9. The van der Waals surface area contributed by atoms with Crippen molar-refractivity contribution in [1.82, 2.24) is 0 Å². The van der Waals surface area contributed by atoms with Crippen molar-refractivity contribution in [2.45, 2.75) is 75.3 Å². The number of carbonyl (C=O) groups excluding carboxylic acids is 1. The summed E-state index contributed by atoms with van der Waals surface area (Å²) >= 11 is 0. The fourth-order valence-corrected chi connectivity index (χ4v) is 2.86. The first kappa shape index (κ1) is 24.1. The maximum Gasteiger partial charge on any atom is 0.335 e. The zero-order valence-corrected chi connectivity index (χ0v) is 15.9. The molecular formula is C17H28O12. The lowest BCUT2D eigenvalue weighted by molar-refractivity contribution is -0.326. The van der Waals surface area contributed by atoms with Crippen molar-refractivity contribution in [3.8, 4) is 0 Å². The molecule has 168 valence electrons. The number of rotatable bonds is 6. The molecule has 0 aromatic rings. The first-order valence-corrected chi connectivity index (χ1v) is 9.08. The Hall–Kier alpha value is -1.19. The zero-order chi connectivity index (χ0) is 21.9. The molecule has 0 aromatic heterocycles. The average Bonchev–Trinajstić information content (AvgIpc) is 2.71. The second-order valence-corrected chi connectivity index (χ2v) is 6.92. The van der Waals surface area contributed by atoms with E-state index >= 15 is 0 Å². The van der Waals surface area contributed by atoms with Gasteiger partial charge in [-0.1, -0.05) is 6.08 Å². The lowest BCUT2D eigenvalue weighted by Crippen LogP contribution is -2.61. The van der Waals surface area contributed by atoms with E-state index in [1.165, 1.54) is 13.0 Å². The van der Waals surface area contributed by atoms with Crippen LogP contribution in [0.25, 0.3) is 0 Å². The molecule has 2 aliphatic rings. The number of hydrogen-bond acceptors (Lipinski definition) is 12. The van der Waals surface area contributed by atoms with Crippen LogP contribution in [0.5, 0.6) is 0 Å². The van der Waals surface area contributed by atoms with E-state index in [0.717, 1.165) is 0 Å². The highest BCUT2D eigenvalue weighted by Gasteiger charge is 2.48. The van der Waals surface area contributed by atoms with Gasteiger partial charge in [-0.25, -0.2) is 4.79 Å². The van der Waals surface area contributed by atoms with E-state index in [0.29, 0.717) is 0 Å². The number of allylic oxidation sites excluding steroid dienone is 1. The minimum atomic E-state index is -1.73. The number of hydrogen-bond donors (Lipinski definition) is 7. The molecule has 7 N–H and O–H groups in total. The van der Waals surface area contributed by atoms with E-state index in [9.17, 15) is 40.5 Å². The molecule has 10 atom stereocenters. The molecule has 2 rings (SSSR count). The highest BCUT2D eigenvalue weighted by Crippen LogP contribution is 2.26. The summed E-state index contributed by atoms with van der Waals surface area (Å²) in [6.07, 6.45) is -14.1. The minimum Gasteiger partial charge on any atom is -0.429 e. The van der Waals surface area contributed by atoms with Crippen LogP contribution in [0, 0.1) is 0 Å². The van der Waals surface area contributed by atoms with Crippen molar-refractivity contribution in [3.63, 3.8) is 0 Å². The van der Waals surface area contributed by atoms with Crippen LogP contribution in [-0.2, 0) is 23.7 Å². The van der Waals surface area contributed by atoms with Crippen LogP contribution in [0.3, 0.4) is 0 Å². The summed E-state index contributed by atoms with van der Waals surface area (Å²) < 4.78 is 20.8. The Balaban J connectivity index is 2.02. The Bertz CT molecular complexity index is 581. The van der Waals surface area contributed by atoms with Gasteiger partial charge in [-0.2, -0.15) is 0 Å². The predicted molar refractivity (Wildman–Crippen MR) is 91.9 cm³/mol. The summed E-state index contributed by atoms with van der Waals surface area (Å²) in [6.45, 7) is 1.91. The first-order chi connectivity index (χ1) is 13.6. The molecule has 0 radical (unpaired) electrons. The standard InChI is InChI=1S/C17H28O12/c1-3-6(2)15(25)29-17-14(24)12(22)10(20)8(28-17)5-26-16-13(23)11(21)9(19)7(4-18)27-16/h3,7-14,16-24H,4-5H2,1-2H3. The fourth-order valence-electron chi connectivity index (χ4n) is 2.86. The molecular weight excluding hydrogens is 396 g/mol. The largest absolute Gasteiger partial charge is 0.429 e. The Morgan fingerprint density at radius 3 is 1.93 bits per heavy atom. The maximum atomic E-state index is 11.9. The Kier molecular flexibility index (Phi) is 8.48. The number of aliphatic hydroxyl groups is 7. The van der Waals surface area contributed by atoms with Crippen LogP contribution in [0.2, 0.25) is 0 Å². The SMILES string of the molecule is CC=C(C)C(=O)OC1OC(COC2OC(CO)C(O)C(O)C2O)C(O)C(O)C1O. The predicted octanol–water partition coefficient (Wildman–Crippen LogP) is -3.88. The lowest BCUT2D eigenvalue weighted by Gasteiger charge is -2.42. The van der Waals surface area contributed by atoms with E-state index in [1.54, 1.807) is 6.92 Å². The molecule has 29 heavy (non-hydrogen) atoms. The Morgan fingerprint density at radius 2 is 1.38 bits per heavy atom. The summed E-state index contributed by atoms with van der Waals surface area (Å²) in [7, 11) is 0. The molecule has 0 bridgehead atoms. The third-order valence-corrected chi connectivity index (χ3v) is 4.92. The number of ether oxygens (including phenoxy) is 4. The van der Waals surface area contributed by atoms with Crippen molar-refractivity contribution >= 4 is 5.97 Å². The molecule has 2 heterocycles. The summed E-state index contributed by atoms with van der Waals surface area (Å²) in [5, 5.41) is 68.8. The zero-order valence-electron chi connectivity index (χ0n) is 15.9. The fraction of sp³-hybridized carbons (Fsp3) is 0.824. The van der Waals surface area contributed by atoms with Crippen molar-refractivity contribution in [2.24, 2.45) is 0 Å². The Morgan fingerprint density at radius 1 is 0.862 bits per heavy atom. The molecule has 0 saturated carbocycles. The number of aliphatic hydroxyl groups excluding tert-OH is 7. The molecule has 0 spiro atoms. The molecule has 12 heteroatoms. The lowest BCUT2D eigenvalue weighted by atomic mass is 9.98. The molecule has 2 fully saturated rings. The number of carbonyl (C=O) groups is 1. The number of esters is 1. The van der Waals surface area contributed by atoms with E-state index in [-0.39, 0.29) is 5.57 Å².